The predicted octanol–water partition coefficient (Wildman–Crippen LogP) is 2.29. The summed E-state index contributed by atoms with van der Waals surface area (Å²) in [5.41, 5.74) is 1.03. The highest BCUT2D eigenvalue weighted by Crippen LogP contribution is 2.28. The Balaban J connectivity index is 3.07. The number of halogens is 1. The van der Waals surface area contributed by atoms with E-state index in [1.807, 2.05) is 14.0 Å². The van der Waals surface area contributed by atoms with Gasteiger partial charge in [0.2, 0.25) is 0 Å². The molecule has 1 aromatic rings. The summed E-state index contributed by atoms with van der Waals surface area (Å²) in [5, 5.41) is 11.6. The SMILES string of the molecule is CCNC(c1c(Br)nnn1C)C(OCC)C(C)C. The zero-order valence-electron chi connectivity index (χ0n) is 11.8. The molecule has 0 amide bonds. The Labute approximate surface area is 117 Å². The van der Waals surface area contributed by atoms with Gasteiger partial charge in [0, 0.05) is 13.7 Å². The summed E-state index contributed by atoms with van der Waals surface area (Å²) in [6.45, 7) is 10.0. The Bertz CT molecular complexity index is 347. The first-order valence-corrected chi connectivity index (χ1v) is 7.22. The molecule has 0 aliphatic carbocycles. The van der Waals surface area contributed by atoms with E-state index < -0.39 is 0 Å². The van der Waals surface area contributed by atoms with Crippen LogP contribution in [0.3, 0.4) is 0 Å². The van der Waals surface area contributed by atoms with Gasteiger partial charge in [-0.15, -0.1) is 5.10 Å². The van der Waals surface area contributed by atoms with E-state index in [-0.39, 0.29) is 12.1 Å². The maximum Gasteiger partial charge on any atom is 0.153 e. The van der Waals surface area contributed by atoms with Crippen molar-refractivity contribution in [3.63, 3.8) is 0 Å². The van der Waals surface area contributed by atoms with E-state index in [4.69, 9.17) is 4.74 Å². The zero-order valence-corrected chi connectivity index (χ0v) is 13.4. The zero-order chi connectivity index (χ0) is 13.7. The van der Waals surface area contributed by atoms with Gasteiger partial charge in [-0.3, -0.25) is 0 Å². The standard InChI is InChI=1S/C12H23BrN4O/c1-6-14-9(11(8(3)4)18-7-2)10-12(13)15-16-17(10)5/h8-9,11,14H,6-7H2,1-5H3. The van der Waals surface area contributed by atoms with Crippen molar-refractivity contribution < 1.29 is 4.74 Å². The van der Waals surface area contributed by atoms with Gasteiger partial charge in [0.25, 0.3) is 0 Å². The highest BCUT2D eigenvalue weighted by atomic mass is 79.9. The first kappa shape index (κ1) is 15.6. The molecule has 0 bridgehead atoms. The van der Waals surface area contributed by atoms with E-state index >= 15 is 0 Å². The van der Waals surface area contributed by atoms with Crippen molar-refractivity contribution in [1.29, 1.82) is 0 Å². The Morgan fingerprint density at radius 3 is 2.44 bits per heavy atom. The van der Waals surface area contributed by atoms with Crippen molar-refractivity contribution in [2.24, 2.45) is 13.0 Å². The van der Waals surface area contributed by atoms with Crippen LogP contribution in [0.2, 0.25) is 0 Å². The molecule has 0 aliphatic heterocycles. The quantitative estimate of drug-likeness (QED) is 0.838. The van der Waals surface area contributed by atoms with Crippen LogP contribution < -0.4 is 5.32 Å². The number of aryl methyl sites for hydroxylation is 1. The Kier molecular flexibility index (Phi) is 6.25. The molecule has 0 fully saturated rings. The summed E-state index contributed by atoms with van der Waals surface area (Å²) in [7, 11) is 1.90. The van der Waals surface area contributed by atoms with Gasteiger partial charge in [0.15, 0.2) is 4.60 Å². The van der Waals surface area contributed by atoms with Crippen LogP contribution in [0.15, 0.2) is 4.60 Å². The predicted molar refractivity (Wildman–Crippen MR) is 75.4 cm³/mol. The third kappa shape index (κ3) is 3.52. The van der Waals surface area contributed by atoms with Crippen molar-refractivity contribution in [3.05, 3.63) is 10.3 Å². The maximum atomic E-state index is 5.90. The average molecular weight is 319 g/mol. The molecule has 0 radical (unpaired) electrons. The Morgan fingerprint density at radius 2 is 2.06 bits per heavy atom. The van der Waals surface area contributed by atoms with Gasteiger partial charge in [-0.1, -0.05) is 26.0 Å². The van der Waals surface area contributed by atoms with Gasteiger partial charge in [0.1, 0.15) is 0 Å². The van der Waals surface area contributed by atoms with Crippen LogP contribution in [0.4, 0.5) is 0 Å². The topological polar surface area (TPSA) is 52.0 Å². The summed E-state index contributed by atoms with van der Waals surface area (Å²) in [6, 6.07) is 0.0873. The summed E-state index contributed by atoms with van der Waals surface area (Å²) < 4.78 is 8.48. The molecule has 1 rings (SSSR count). The van der Waals surface area contributed by atoms with Crippen molar-refractivity contribution in [2.75, 3.05) is 13.2 Å². The molecule has 18 heavy (non-hydrogen) atoms. The fourth-order valence-electron chi connectivity index (χ4n) is 2.12. The van der Waals surface area contributed by atoms with E-state index in [9.17, 15) is 0 Å². The van der Waals surface area contributed by atoms with Crippen molar-refractivity contribution in [2.45, 2.75) is 39.8 Å². The summed E-state index contributed by atoms with van der Waals surface area (Å²) in [5.74, 6) is 0.413. The molecule has 2 unspecified atom stereocenters. The molecule has 1 aromatic heterocycles. The Morgan fingerprint density at radius 1 is 1.39 bits per heavy atom. The van der Waals surface area contributed by atoms with Crippen LogP contribution in [-0.2, 0) is 11.8 Å². The lowest BCUT2D eigenvalue weighted by Crippen LogP contribution is -2.38. The lowest BCUT2D eigenvalue weighted by molar-refractivity contribution is 0.00114. The maximum absolute atomic E-state index is 5.90. The Hall–Kier alpha value is -0.460. The number of likely N-dealkylation sites (N-methyl/N-ethyl adjacent to an activating group) is 1. The highest BCUT2D eigenvalue weighted by molar-refractivity contribution is 9.10. The number of hydrogen-bond acceptors (Lipinski definition) is 4. The van der Waals surface area contributed by atoms with Crippen LogP contribution in [0.25, 0.3) is 0 Å². The number of nitrogens with zero attached hydrogens (tertiary/aromatic N) is 3. The third-order valence-corrected chi connectivity index (χ3v) is 3.45. The van der Waals surface area contributed by atoms with E-state index in [0.29, 0.717) is 12.5 Å². The minimum Gasteiger partial charge on any atom is -0.376 e. The molecule has 1 N–H and O–H groups in total. The molecule has 6 heteroatoms. The molecular formula is C12H23BrN4O. The molecular weight excluding hydrogens is 296 g/mol. The molecule has 5 nitrogen and oxygen atoms in total. The van der Waals surface area contributed by atoms with E-state index in [0.717, 1.165) is 16.8 Å². The number of ether oxygens (including phenoxy) is 1. The lowest BCUT2D eigenvalue weighted by atomic mass is 9.97. The molecule has 0 aliphatic rings. The van der Waals surface area contributed by atoms with Crippen LogP contribution >= 0.6 is 15.9 Å². The largest absolute Gasteiger partial charge is 0.376 e. The van der Waals surface area contributed by atoms with Crippen molar-refractivity contribution >= 4 is 15.9 Å². The van der Waals surface area contributed by atoms with Gasteiger partial charge in [-0.25, -0.2) is 4.68 Å². The first-order chi connectivity index (χ1) is 8.52. The number of hydrogen-bond donors (Lipinski definition) is 1. The van der Waals surface area contributed by atoms with Crippen molar-refractivity contribution in [1.82, 2.24) is 20.3 Å². The van der Waals surface area contributed by atoms with Crippen LogP contribution in [0, 0.1) is 5.92 Å². The molecule has 104 valence electrons. The normalized spacial score (nSPS) is 15.1. The average Bonchev–Trinajstić information content (AvgIpc) is 2.63. The fourth-order valence-corrected chi connectivity index (χ4v) is 2.70. The van der Waals surface area contributed by atoms with Gasteiger partial charge in [0.05, 0.1) is 17.8 Å². The molecule has 0 saturated carbocycles. The van der Waals surface area contributed by atoms with Gasteiger partial charge in [-0.05, 0) is 35.3 Å². The number of aromatic nitrogens is 3. The van der Waals surface area contributed by atoms with Crippen LogP contribution in [0.1, 0.15) is 39.4 Å². The lowest BCUT2D eigenvalue weighted by Gasteiger charge is -2.30. The van der Waals surface area contributed by atoms with Gasteiger partial charge in [-0.2, -0.15) is 0 Å². The molecule has 0 spiro atoms. The van der Waals surface area contributed by atoms with Crippen molar-refractivity contribution in [3.8, 4) is 0 Å². The molecule has 2 atom stereocenters. The number of nitrogens with one attached hydrogen (secondary N) is 1. The second-order valence-electron chi connectivity index (χ2n) is 4.59. The fraction of sp³-hybridized carbons (Fsp3) is 0.833. The van der Waals surface area contributed by atoms with Crippen LogP contribution in [0.5, 0.6) is 0 Å². The first-order valence-electron chi connectivity index (χ1n) is 6.42. The molecule has 1 heterocycles. The number of rotatable bonds is 7. The third-order valence-electron chi connectivity index (χ3n) is 2.89. The smallest absolute Gasteiger partial charge is 0.153 e. The monoisotopic (exact) mass is 318 g/mol. The minimum atomic E-state index is 0.0873. The minimum absolute atomic E-state index is 0.0873. The summed E-state index contributed by atoms with van der Waals surface area (Å²) in [4.78, 5) is 0. The van der Waals surface area contributed by atoms with Crippen LogP contribution in [-0.4, -0.2) is 34.2 Å². The summed E-state index contributed by atoms with van der Waals surface area (Å²) in [6.07, 6.45) is 0.100. The van der Waals surface area contributed by atoms with E-state index in [2.05, 4.69) is 52.3 Å². The summed E-state index contributed by atoms with van der Waals surface area (Å²) >= 11 is 3.47. The second-order valence-corrected chi connectivity index (χ2v) is 5.34. The van der Waals surface area contributed by atoms with Gasteiger partial charge < -0.3 is 10.1 Å². The molecule has 0 aromatic carbocycles. The second kappa shape index (κ2) is 7.21. The van der Waals surface area contributed by atoms with E-state index in [1.165, 1.54) is 0 Å². The van der Waals surface area contributed by atoms with Gasteiger partial charge >= 0.3 is 0 Å². The highest BCUT2D eigenvalue weighted by Gasteiger charge is 2.30. The molecule has 0 saturated heterocycles. The van der Waals surface area contributed by atoms with E-state index in [1.54, 1.807) is 4.68 Å².